The van der Waals surface area contributed by atoms with Crippen molar-refractivity contribution in [3.05, 3.63) is 94.0 Å². The van der Waals surface area contributed by atoms with E-state index < -0.39 is 45.0 Å². The van der Waals surface area contributed by atoms with Gasteiger partial charge in [0.25, 0.3) is 15.7 Å². The molecule has 37 heavy (non-hydrogen) atoms. The zero-order valence-corrected chi connectivity index (χ0v) is 20.4. The van der Waals surface area contributed by atoms with E-state index in [2.05, 4.69) is 10.1 Å². The first-order valence-electron chi connectivity index (χ1n) is 10.5. The topological polar surface area (TPSA) is 162 Å². The van der Waals surface area contributed by atoms with Gasteiger partial charge in [-0.15, -0.1) is 0 Å². The van der Waals surface area contributed by atoms with Crippen molar-refractivity contribution in [2.24, 2.45) is 0 Å². The van der Waals surface area contributed by atoms with Crippen molar-refractivity contribution in [1.29, 1.82) is 0 Å². The van der Waals surface area contributed by atoms with E-state index in [-0.39, 0.29) is 27.4 Å². The molecule has 0 bridgehead atoms. The maximum absolute atomic E-state index is 13.5. The summed E-state index contributed by atoms with van der Waals surface area (Å²) in [5, 5.41) is 14.0. The van der Waals surface area contributed by atoms with Gasteiger partial charge < -0.3 is 14.8 Å². The van der Waals surface area contributed by atoms with Crippen LogP contribution in [0.1, 0.15) is 20.7 Å². The fraction of sp³-hybridized carbons (Fsp3) is 0.125. The van der Waals surface area contributed by atoms with Crippen molar-refractivity contribution in [3.63, 3.8) is 0 Å². The molecule has 0 aliphatic heterocycles. The van der Waals surface area contributed by atoms with Crippen LogP contribution in [0.5, 0.6) is 0 Å². The molecule has 0 unspecified atom stereocenters. The number of carbonyl (C=O) groups excluding carboxylic acids is 3. The summed E-state index contributed by atoms with van der Waals surface area (Å²) >= 11 is 0. The van der Waals surface area contributed by atoms with Crippen LogP contribution in [-0.4, -0.2) is 52.0 Å². The second kappa shape index (κ2) is 11.3. The van der Waals surface area contributed by atoms with E-state index in [9.17, 15) is 32.9 Å². The standard InChI is InChI=1S/C24H21N3O9S/c1-35-23(29)16-12-13-18(24(30)36-2)19(14-16)25-22(28)15-26(20-10-6-7-11-21(20)27(31)32)37(33,34)17-8-4-3-5-9-17/h3-14H,15H2,1-2H3,(H,25,28). The minimum atomic E-state index is -4.45. The number of carbonyl (C=O) groups is 3. The summed E-state index contributed by atoms with van der Waals surface area (Å²) in [6.45, 7) is -0.898. The summed E-state index contributed by atoms with van der Waals surface area (Å²) in [5.74, 6) is -2.54. The van der Waals surface area contributed by atoms with Crippen LogP contribution < -0.4 is 9.62 Å². The van der Waals surface area contributed by atoms with Gasteiger partial charge in [-0.25, -0.2) is 22.3 Å². The first kappa shape index (κ1) is 26.8. The van der Waals surface area contributed by atoms with E-state index in [4.69, 9.17) is 4.74 Å². The van der Waals surface area contributed by atoms with Crippen LogP contribution in [0.3, 0.4) is 0 Å². The average molecular weight is 528 g/mol. The number of para-hydroxylation sites is 2. The number of methoxy groups -OCH3 is 2. The fourth-order valence-corrected chi connectivity index (χ4v) is 4.81. The van der Waals surface area contributed by atoms with Crippen LogP contribution in [0, 0.1) is 10.1 Å². The molecule has 0 aliphatic carbocycles. The van der Waals surface area contributed by atoms with Crippen molar-refractivity contribution < 1.29 is 37.2 Å². The average Bonchev–Trinajstić information content (AvgIpc) is 2.91. The number of rotatable bonds is 9. The summed E-state index contributed by atoms with van der Waals surface area (Å²) < 4.78 is 36.9. The Balaban J connectivity index is 2.07. The van der Waals surface area contributed by atoms with Gasteiger partial charge >= 0.3 is 11.9 Å². The van der Waals surface area contributed by atoms with Crippen molar-refractivity contribution in [2.45, 2.75) is 4.90 Å². The highest BCUT2D eigenvalue weighted by molar-refractivity contribution is 7.92. The van der Waals surface area contributed by atoms with Crippen molar-refractivity contribution in [2.75, 3.05) is 30.4 Å². The highest BCUT2D eigenvalue weighted by Gasteiger charge is 2.32. The zero-order valence-electron chi connectivity index (χ0n) is 19.6. The van der Waals surface area contributed by atoms with Gasteiger partial charge in [0.2, 0.25) is 5.91 Å². The van der Waals surface area contributed by atoms with Crippen LogP contribution in [0.15, 0.2) is 77.7 Å². The van der Waals surface area contributed by atoms with Gasteiger partial charge in [0.15, 0.2) is 0 Å². The van der Waals surface area contributed by atoms with Gasteiger partial charge in [0, 0.05) is 6.07 Å². The minimum absolute atomic E-state index is 0.00193. The third kappa shape index (κ3) is 5.90. The molecule has 0 spiro atoms. The van der Waals surface area contributed by atoms with Crippen LogP contribution in [0.2, 0.25) is 0 Å². The lowest BCUT2D eigenvalue weighted by molar-refractivity contribution is -0.384. The number of nitrogens with one attached hydrogen (secondary N) is 1. The molecule has 1 amide bonds. The second-order valence-corrected chi connectivity index (χ2v) is 9.22. The number of amides is 1. The molecule has 0 atom stereocenters. The maximum Gasteiger partial charge on any atom is 0.339 e. The molecule has 0 aromatic heterocycles. The number of esters is 2. The van der Waals surface area contributed by atoms with Crippen LogP contribution in [0.4, 0.5) is 17.1 Å². The lowest BCUT2D eigenvalue weighted by Gasteiger charge is -2.24. The number of nitro benzene ring substituents is 1. The van der Waals surface area contributed by atoms with Gasteiger partial charge in [0.1, 0.15) is 12.2 Å². The number of sulfonamides is 1. The van der Waals surface area contributed by atoms with Gasteiger partial charge in [-0.1, -0.05) is 30.3 Å². The molecule has 3 aromatic carbocycles. The largest absolute Gasteiger partial charge is 0.465 e. The Bertz CT molecular complexity index is 1460. The monoisotopic (exact) mass is 527 g/mol. The van der Waals surface area contributed by atoms with Gasteiger partial charge in [0.05, 0.1) is 40.9 Å². The number of ether oxygens (including phenoxy) is 2. The molecule has 0 saturated carbocycles. The van der Waals surface area contributed by atoms with E-state index in [1.54, 1.807) is 6.07 Å². The SMILES string of the molecule is COC(=O)c1ccc(C(=O)OC)c(NC(=O)CN(c2ccccc2[N+](=O)[O-])S(=O)(=O)c2ccccc2)c1. The molecule has 0 saturated heterocycles. The molecule has 1 N–H and O–H groups in total. The Kier molecular flexibility index (Phi) is 8.19. The van der Waals surface area contributed by atoms with Crippen LogP contribution >= 0.6 is 0 Å². The molecule has 12 nitrogen and oxygen atoms in total. The fourth-order valence-electron chi connectivity index (χ4n) is 3.35. The quantitative estimate of drug-likeness (QED) is 0.250. The Hall–Kier alpha value is -4.78. The second-order valence-electron chi connectivity index (χ2n) is 7.36. The molecular weight excluding hydrogens is 506 g/mol. The normalized spacial score (nSPS) is 10.8. The molecule has 0 aliphatic rings. The highest BCUT2D eigenvalue weighted by atomic mass is 32.2. The summed E-state index contributed by atoms with van der Waals surface area (Å²) in [7, 11) is -2.19. The van der Waals surface area contributed by atoms with Gasteiger partial charge in [-0.2, -0.15) is 0 Å². The predicted molar refractivity (Wildman–Crippen MR) is 132 cm³/mol. The van der Waals surface area contributed by atoms with E-state index in [1.807, 2.05) is 0 Å². The maximum atomic E-state index is 13.5. The third-order valence-corrected chi connectivity index (χ3v) is 6.86. The Morgan fingerprint density at radius 1 is 0.919 bits per heavy atom. The van der Waals surface area contributed by atoms with Crippen LogP contribution in [-0.2, 0) is 24.3 Å². The minimum Gasteiger partial charge on any atom is -0.465 e. The Morgan fingerprint density at radius 3 is 2.16 bits per heavy atom. The summed E-state index contributed by atoms with van der Waals surface area (Å²) in [4.78, 5) is 47.9. The predicted octanol–water partition coefficient (Wildman–Crippen LogP) is 3.00. The number of benzene rings is 3. The van der Waals surface area contributed by atoms with Gasteiger partial charge in [-0.05, 0) is 36.4 Å². The molecule has 3 rings (SSSR count). The molecule has 0 radical (unpaired) electrons. The molecule has 13 heteroatoms. The number of hydrogen-bond acceptors (Lipinski definition) is 9. The molecular formula is C24H21N3O9S. The van der Waals surface area contributed by atoms with E-state index in [0.29, 0.717) is 4.31 Å². The number of hydrogen-bond donors (Lipinski definition) is 1. The molecule has 3 aromatic rings. The van der Waals surface area contributed by atoms with E-state index >= 15 is 0 Å². The number of nitro groups is 1. The lowest BCUT2D eigenvalue weighted by atomic mass is 10.1. The number of anilines is 2. The Labute approximate surface area is 211 Å². The zero-order chi connectivity index (χ0) is 27.2. The summed E-state index contributed by atoms with van der Waals surface area (Å²) in [5.41, 5.74) is -1.16. The summed E-state index contributed by atoms with van der Waals surface area (Å²) in [6, 6.07) is 15.8. The first-order valence-corrected chi connectivity index (χ1v) is 12.0. The first-order chi connectivity index (χ1) is 17.6. The number of nitrogens with zero attached hydrogens (tertiary/aromatic N) is 2. The third-order valence-electron chi connectivity index (χ3n) is 5.09. The molecule has 0 heterocycles. The smallest absolute Gasteiger partial charge is 0.339 e. The van der Waals surface area contributed by atoms with Crippen molar-refractivity contribution in [1.82, 2.24) is 0 Å². The van der Waals surface area contributed by atoms with Gasteiger partial charge in [-0.3, -0.25) is 14.9 Å². The highest BCUT2D eigenvalue weighted by Crippen LogP contribution is 2.32. The van der Waals surface area contributed by atoms with Crippen LogP contribution in [0.25, 0.3) is 0 Å². The van der Waals surface area contributed by atoms with E-state index in [0.717, 1.165) is 26.4 Å². The lowest BCUT2D eigenvalue weighted by Crippen LogP contribution is -2.38. The molecule has 192 valence electrons. The van der Waals surface area contributed by atoms with Crippen molar-refractivity contribution in [3.8, 4) is 0 Å². The van der Waals surface area contributed by atoms with Crippen molar-refractivity contribution >= 4 is 44.9 Å². The van der Waals surface area contributed by atoms with E-state index in [1.165, 1.54) is 54.6 Å². The molecule has 0 fully saturated rings. The summed E-state index contributed by atoms with van der Waals surface area (Å²) in [6.07, 6.45) is 0. The Morgan fingerprint density at radius 2 is 1.54 bits per heavy atom.